The Labute approximate surface area is 229 Å². The molecule has 2 heteroatoms. The molecule has 3 aliphatic rings. The van der Waals surface area contributed by atoms with E-state index in [1.54, 1.807) is 0 Å². The fourth-order valence-electron chi connectivity index (χ4n) is 7.08. The summed E-state index contributed by atoms with van der Waals surface area (Å²) < 4.78 is 2.37. The van der Waals surface area contributed by atoms with Crippen LogP contribution in [0.5, 0.6) is 0 Å². The second-order valence-corrected chi connectivity index (χ2v) is 11.1. The molecule has 1 heterocycles. The van der Waals surface area contributed by atoms with Crippen LogP contribution in [0, 0.1) is 34.5 Å². The van der Waals surface area contributed by atoms with Crippen LogP contribution in [0.25, 0.3) is 33.1 Å². The van der Waals surface area contributed by atoms with Crippen molar-refractivity contribution in [1.82, 2.24) is 4.57 Å². The molecule has 0 radical (unpaired) electrons. The number of hydrogen-bond acceptors (Lipinski definition) is 1. The highest BCUT2D eigenvalue weighted by Crippen LogP contribution is 2.55. The minimum absolute atomic E-state index is 0.168. The van der Waals surface area contributed by atoms with Crippen molar-refractivity contribution in [2.45, 2.75) is 13.8 Å². The molecular formula is C37H30N2. The number of nitriles is 1. The van der Waals surface area contributed by atoms with Crippen LogP contribution in [0.2, 0.25) is 0 Å². The van der Waals surface area contributed by atoms with Crippen LogP contribution < -0.4 is 0 Å². The maximum absolute atomic E-state index is 9.43. The molecule has 0 bridgehead atoms. The Balaban J connectivity index is 1.30. The summed E-state index contributed by atoms with van der Waals surface area (Å²) in [5, 5.41) is 12.0. The lowest BCUT2D eigenvalue weighted by molar-refractivity contribution is 0.266. The van der Waals surface area contributed by atoms with Gasteiger partial charge >= 0.3 is 0 Å². The van der Waals surface area contributed by atoms with Crippen molar-refractivity contribution < 1.29 is 0 Å². The number of rotatable bonds is 3. The Morgan fingerprint density at radius 2 is 1.49 bits per heavy atom. The third kappa shape index (κ3) is 3.54. The van der Waals surface area contributed by atoms with Gasteiger partial charge in [-0.2, -0.15) is 5.26 Å². The Bertz CT molecular complexity index is 1790. The van der Waals surface area contributed by atoms with Crippen molar-refractivity contribution in [3.63, 3.8) is 0 Å². The molecule has 1 aromatic heterocycles. The van der Waals surface area contributed by atoms with E-state index in [-0.39, 0.29) is 11.3 Å². The first kappa shape index (κ1) is 23.5. The van der Waals surface area contributed by atoms with E-state index < -0.39 is 0 Å². The van der Waals surface area contributed by atoms with Gasteiger partial charge in [-0.1, -0.05) is 111 Å². The van der Waals surface area contributed by atoms with E-state index in [2.05, 4.69) is 146 Å². The molecule has 0 N–H and O–H groups in total. The molecule has 4 aromatic rings. The van der Waals surface area contributed by atoms with Gasteiger partial charge in [0.2, 0.25) is 0 Å². The van der Waals surface area contributed by atoms with Crippen LogP contribution in [-0.2, 0) is 0 Å². The van der Waals surface area contributed by atoms with Crippen molar-refractivity contribution in [2.24, 2.45) is 23.2 Å². The summed E-state index contributed by atoms with van der Waals surface area (Å²) in [6.07, 6.45) is 20.0. The highest BCUT2D eigenvalue weighted by Gasteiger charge is 2.45. The van der Waals surface area contributed by atoms with E-state index in [4.69, 9.17) is 0 Å². The fraction of sp³-hybridized carbons (Fsp3) is 0.162. The molecule has 3 aliphatic carbocycles. The average molecular weight is 503 g/mol. The van der Waals surface area contributed by atoms with Gasteiger partial charge < -0.3 is 4.57 Å². The van der Waals surface area contributed by atoms with Crippen LogP contribution in [0.4, 0.5) is 0 Å². The topological polar surface area (TPSA) is 28.7 Å². The molecule has 0 saturated carbocycles. The predicted octanol–water partition coefficient (Wildman–Crippen LogP) is 9.13. The molecule has 4 unspecified atom stereocenters. The quantitative estimate of drug-likeness (QED) is 0.275. The molecule has 0 amide bonds. The Morgan fingerprint density at radius 1 is 0.795 bits per heavy atom. The molecule has 2 nitrogen and oxygen atoms in total. The normalized spacial score (nSPS) is 25.7. The zero-order valence-corrected chi connectivity index (χ0v) is 22.3. The highest BCUT2D eigenvalue weighted by molar-refractivity contribution is 6.09. The van der Waals surface area contributed by atoms with Crippen molar-refractivity contribution in [1.29, 1.82) is 5.26 Å². The van der Waals surface area contributed by atoms with E-state index >= 15 is 0 Å². The van der Waals surface area contributed by atoms with Crippen LogP contribution in [-0.4, -0.2) is 4.57 Å². The van der Waals surface area contributed by atoms with Crippen molar-refractivity contribution in [3.05, 3.63) is 144 Å². The van der Waals surface area contributed by atoms with Crippen molar-refractivity contribution in [2.75, 3.05) is 0 Å². The van der Waals surface area contributed by atoms with Gasteiger partial charge in [-0.3, -0.25) is 0 Å². The molecular weight excluding hydrogens is 472 g/mol. The van der Waals surface area contributed by atoms with Crippen LogP contribution in [0.3, 0.4) is 0 Å². The molecule has 0 fully saturated rings. The standard InChI is InChI=1S/C37H30N2/c1-25-23-26(24-38)17-22-30(25)34-14-8-10-28-9-7-13-33(37(28,34)2)27-18-20-29(21-19-27)39-35-15-5-3-11-31(35)32-12-4-6-16-36(32)39/h3-23,25,30,34H,1-2H3. The maximum atomic E-state index is 9.43. The first-order valence-electron chi connectivity index (χ1n) is 13.8. The third-order valence-corrected chi connectivity index (χ3v) is 9.07. The van der Waals surface area contributed by atoms with Gasteiger partial charge in [0, 0.05) is 27.4 Å². The maximum Gasteiger partial charge on any atom is 0.0988 e. The number of hydrogen-bond donors (Lipinski definition) is 0. The summed E-state index contributed by atoms with van der Waals surface area (Å²) in [4.78, 5) is 0. The number of allylic oxidation sites excluding steroid dienone is 12. The van der Waals surface area contributed by atoms with Crippen molar-refractivity contribution >= 4 is 27.4 Å². The predicted molar refractivity (Wildman–Crippen MR) is 162 cm³/mol. The summed E-state index contributed by atoms with van der Waals surface area (Å²) >= 11 is 0. The Kier molecular flexibility index (Phi) is 5.42. The molecule has 4 atom stereocenters. The molecule has 0 aliphatic heterocycles. The minimum atomic E-state index is -0.168. The van der Waals surface area contributed by atoms with Gasteiger partial charge in [0.25, 0.3) is 0 Å². The van der Waals surface area contributed by atoms with Crippen LogP contribution in [0.1, 0.15) is 19.4 Å². The second kappa shape index (κ2) is 9.00. The van der Waals surface area contributed by atoms with Gasteiger partial charge in [-0.25, -0.2) is 0 Å². The van der Waals surface area contributed by atoms with Crippen LogP contribution >= 0.6 is 0 Å². The molecule has 0 saturated heterocycles. The second-order valence-electron chi connectivity index (χ2n) is 11.1. The first-order valence-corrected chi connectivity index (χ1v) is 13.8. The molecule has 7 rings (SSSR count). The van der Waals surface area contributed by atoms with Gasteiger partial charge in [0.1, 0.15) is 0 Å². The summed E-state index contributed by atoms with van der Waals surface area (Å²) in [7, 11) is 0. The van der Waals surface area contributed by atoms with Gasteiger partial charge in [0.05, 0.1) is 17.1 Å². The number of fused-ring (bicyclic) bond motifs is 4. The highest BCUT2D eigenvalue weighted by atomic mass is 15.0. The summed E-state index contributed by atoms with van der Waals surface area (Å²) in [6.45, 7) is 4.64. The Hall–Kier alpha value is -4.61. The minimum Gasteiger partial charge on any atom is -0.309 e. The van der Waals surface area contributed by atoms with E-state index in [0.29, 0.717) is 11.8 Å². The molecule has 39 heavy (non-hydrogen) atoms. The monoisotopic (exact) mass is 502 g/mol. The van der Waals surface area contributed by atoms with Crippen molar-refractivity contribution in [3.8, 4) is 11.8 Å². The fourth-order valence-corrected chi connectivity index (χ4v) is 7.08. The van der Waals surface area contributed by atoms with Crippen LogP contribution in [0.15, 0.2) is 139 Å². The van der Waals surface area contributed by atoms with E-state index in [9.17, 15) is 5.26 Å². The number of benzene rings is 3. The lowest BCUT2D eigenvalue weighted by atomic mass is 9.56. The number of nitrogens with zero attached hydrogens (tertiary/aromatic N) is 2. The van der Waals surface area contributed by atoms with Gasteiger partial charge in [-0.05, 0) is 64.8 Å². The largest absolute Gasteiger partial charge is 0.309 e. The number of para-hydroxylation sites is 2. The lowest BCUT2D eigenvalue weighted by Gasteiger charge is -2.47. The van der Waals surface area contributed by atoms with Gasteiger partial charge in [0.15, 0.2) is 0 Å². The Morgan fingerprint density at radius 3 is 2.15 bits per heavy atom. The lowest BCUT2D eigenvalue weighted by Crippen LogP contribution is -2.38. The smallest absolute Gasteiger partial charge is 0.0988 e. The molecule has 188 valence electrons. The zero-order valence-electron chi connectivity index (χ0n) is 22.3. The van der Waals surface area contributed by atoms with E-state index in [0.717, 1.165) is 5.57 Å². The van der Waals surface area contributed by atoms with E-state index in [1.807, 2.05) is 6.08 Å². The molecule has 0 spiro atoms. The van der Waals surface area contributed by atoms with Gasteiger partial charge in [-0.15, -0.1) is 0 Å². The third-order valence-electron chi connectivity index (χ3n) is 9.07. The van der Waals surface area contributed by atoms with E-state index in [1.165, 1.54) is 44.2 Å². The SMILES string of the molecule is CC1C=C(C#N)C=CC1C1C=CC=C2C=CC=C(c3ccc(-n4c5ccccc5c5ccccc54)cc3)C21C. The molecule has 3 aromatic carbocycles. The summed E-state index contributed by atoms with van der Waals surface area (Å²) in [5.74, 6) is 0.896. The number of aromatic nitrogens is 1. The average Bonchev–Trinajstić information content (AvgIpc) is 3.31. The summed E-state index contributed by atoms with van der Waals surface area (Å²) in [5.41, 5.74) is 8.15. The zero-order chi connectivity index (χ0) is 26.6. The first-order chi connectivity index (χ1) is 19.1. The summed E-state index contributed by atoms with van der Waals surface area (Å²) in [6, 6.07) is 28.7.